The minimum Gasteiger partial charge on any atom is -0.494 e. The van der Waals surface area contributed by atoms with E-state index in [4.69, 9.17) is 4.74 Å². The first-order chi connectivity index (χ1) is 11.7. The molecule has 1 fully saturated rings. The first kappa shape index (κ1) is 15.4. The van der Waals surface area contributed by atoms with E-state index in [1.165, 1.54) is 37.2 Å². The third-order valence-corrected chi connectivity index (χ3v) is 5.27. The molecule has 1 saturated heterocycles. The lowest BCUT2D eigenvalue weighted by Gasteiger charge is -2.34. The lowest BCUT2D eigenvalue weighted by Crippen LogP contribution is -2.37. The Bertz CT molecular complexity index is 756. The number of ether oxygens (including phenoxy) is 1. The predicted molar refractivity (Wildman–Crippen MR) is 94.3 cm³/mol. The summed E-state index contributed by atoms with van der Waals surface area (Å²) in [6.45, 7) is 1.01. The van der Waals surface area contributed by atoms with Crippen molar-refractivity contribution in [3.05, 3.63) is 71.6 Å². The van der Waals surface area contributed by atoms with Crippen LogP contribution in [0.5, 0.6) is 5.75 Å². The van der Waals surface area contributed by atoms with Gasteiger partial charge in [0.2, 0.25) is 0 Å². The Kier molecular flexibility index (Phi) is 4.11. The summed E-state index contributed by atoms with van der Waals surface area (Å²) in [5.74, 6) is 0.0267. The van der Waals surface area contributed by atoms with Crippen molar-refractivity contribution in [3.63, 3.8) is 0 Å². The molecule has 0 saturated carbocycles. The monoisotopic (exact) mass is 323 g/mol. The summed E-state index contributed by atoms with van der Waals surface area (Å²) >= 11 is 0. The lowest BCUT2D eigenvalue weighted by atomic mass is 9.94. The van der Waals surface area contributed by atoms with E-state index in [0.29, 0.717) is 17.8 Å². The first-order valence-electron chi connectivity index (χ1n) is 8.59. The molecule has 124 valence electrons. The maximum absolute atomic E-state index is 13.7. The second-order valence-electron chi connectivity index (χ2n) is 6.70. The van der Waals surface area contributed by atoms with Crippen LogP contribution in [0.2, 0.25) is 0 Å². The van der Waals surface area contributed by atoms with E-state index in [0.717, 1.165) is 18.5 Å². The highest BCUT2D eigenvalue weighted by Crippen LogP contribution is 2.40. The van der Waals surface area contributed by atoms with Gasteiger partial charge in [0.05, 0.1) is 7.11 Å². The van der Waals surface area contributed by atoms with Gasteiger partial charge in [-0.25, -0.2) is 4.39 Å². The summed E-state index contributed by atoms with van der Waals surface area (Å²) < 4.78 is 18.8. The zero-order valence-electron chi connectivity index (χ0n) is 13.9. The number of fused-ring (bicyclic) bond motifs is 2. The molecule has 2 heterocycles. The molecular weight excluding hydrogens is 301 g/mol. The first-order valence-corrected chi connectivity index (χ1v) is 8.59. The van der Waals surface area contributed by atoms with Crippen molar-refractivity contribution in [2.24, 2.45) is 0 Å². The molecule has 2 atom stereocenters. The minimum absolute atomic E-state index is 0.300. The Hall–Kier alpha value is -2.13. The van der Waals surface area contributed by atoms with Gasteiger partial charge in [0, 0.05) is 18.6 Å². The number of halogens is 1. The highest BCUT2D eigenvalue weighted by Gasteiger charge is 2.36. The highest BCUT2D eigenvalue weighted by atomic mass is 19.1. The molecule has 3 heteroatoms. The van der Waals surface area contributed by atoms with Crippen molar-refractivity contribution >= 4 is 5.57 Å². The number of methoxy groups -OCH3 is 1. The van der Waals surface area contributed by atoms with Gasteiger partial charge in [-0.3, -0.25) is 4.90 Å². The average Bonchev–Trinajstić information content (AvgIpc) is 2.84. The van der Waals surface area contributed by atoms with Gasteiger partial charge in [0.25, 0.3) is 0 Å². The molecule has 2 aromatic rings. The van der Waals surface area contributed by atoms with Crippen molar-refractivity contribution in [1.82, 2.24) is 4.90 Å². The van der Waals surface area contributed by atoms with Crippen LogP contribution in [-0.4, -0.2) is 24.1 Å². The van der Waals surface area contributed by atoms with Gasteiger partial charge < -0.3 is 4.74 Å². The normalized spacial score (nSPS) is 23.2. The second-order valence-corrected chi connectivity index (χ2v) is 6.70. The number of benzene rings is 2. The molecule has 0 amide bonds. The molecule has 2 aliphatic heterocycles. The van der Waals surface area contributed by atoms with Crippen LogP contribution in [0.1, 0.15) is 30.4 Å². The quantitative estimate of drug-likeness (QED) is 0.812. The third-order valence-electron chi connectivity index (χ3n) is 5.27. The summed E-state index contributed by atoms with van der Waals surface area (Å²) in [4.78, 5) is 2.61. The highest BCUT2D eigenvalue weighted by molar-refractivity contribution is 5.69. The number of nitrogens with zero attached hydrogens (tertiary/aromatic N) is 1. The van der Waals surface area contributed by atoms with E-state index in [1.54, 1.807) is 0 Å². The Morgan fingerprint density at radius 2 is 1.96 bits per heavy atom. The standard InChI is InChI=1S/C21H22FNO/c1-24-21-13-16(7-10-20(21)22)17-11-18-8-9-19(12-17)23(18)14-15-5-3-2-4-6-15/h2-7,10-11,13,18-19H,8-9,12,14H2,1H3. The molecule has 0 aromatic heterocycles. The van der Waals surface area contributed by atoms with Crippen molar-refractivity contribution in [2.75, 3.05) is 7.11 Å². The minimum atomic E-state index is -0.300. The largest absolute Gasteiger partial charge is 0.494 e. The van der Waals surface area contributed by atoms with Crippen LogP contribution >= 0.6 is 0 Å². The van der Waals surface area contributed by atoms with Gasteiger partial charge in [0.1, 0.15) is 0 Å². The predicted octanol–water partition coefficient (Wildman–Crippen LogP) is 4.65. The zero-order chi connectivity index (χ0) is 16.5. The summed E-state index contributed by atoms with van der Waals surface area (Å²) in [7, 11) is 1.52. The number of hydrogen-bond donors (Lipinski definition) is 0. The fourth-order valence-electron chi connectivity index (χ4n) is 4.03. The van der Waals surface area contributed by atoms with Crippen LogP contribution in [0, 0.1) is 5.82 Å². The van der Waals surface area contributed by atoms with E-state index < -0.39 is 0 Å². The van der Waals surface area contributed by atoms with Crippen molar-refractivity contribution in [3.8, 4) is 5.75 Å². The Labute approximate surface area is 142 Å². The molecule has 2 aliphatic rings. The molecule has 2 bridgehead atoms. The van der Waals surface area contributed by atoms with Crippen LogP contribution < -0.4 is 4.74 Å². The molecular formula is C21H22FNO. The number of rotatable bonds is 4. The summed E-state index contributed by atoms with van der Waals surface area (Å²) in [5.41, 5.74) is 3.78. The molecule has 0 radical (unpaired) electrons. The molecule has 24 heavy (non-hydrogen) atoms. The summed E-state index contributed by atoms with van der Waals surface area (Å²) in [6.07, 6.45) is 5.84. The van der Waals surface area contributed by atoms with Crippen LogP contribution in [0.3, 0.4) is 0 Å². The van der Waals surface area contributed by atoms with E-state index >= 15 is 0 Å². The van der Waals surface area contributed by atoms with Gasteiger partial charge in [0.15, 0.2) is 11.6 Å². The molecule has 0 N–H and O–H groups in total. The third kappa shape index (κ3) is 2.84. The van der Waals surface area contributed by atoms with Gasteiger partial charge in [-0.15, -0.1) is 0 Å². The SMILES string of the molecule is COc1cc(C2=CC3CCC(C2)N3Cc2ccccc2)ccc1F. The Morgan fingerprint density at radius 3 is 2.71 bits per heavy atom. The fourth-order valence-corrected chi connectivity index (χ4v) is 4.03. The Balaban J connectivity index is 1.58. The van der Waals surface area contributed by atoms with Crippen LogP contribution in [0.25, 0.3) is 5.57 Å². The molecule has 0 aliphatic carbocycles. The topological polar surface area (TPSA) is 12.5 Å². The second kappa shape index (κ2) is 6.40. The summed E-state index contributed by atoms with van der Waals surface area (Å²) in [6, 6.07) is 16.9. The van der Waals surface area contributed by atoms with Crippen LogP contribution in [0.4, 0.5) is 4.39 Å². The van der Waals surface area contributed by atoms with E-state index in [-0.39, 0.29) is 5.82 Å². The van der Waals surface area contributed by atoms with Gasteiger partial charge in [-0.05, 0) is 48.1 Å². The van der Waals surface area contributed by atoms with Gasteiger partial charge in [-0.2, -0.15) is 0 Å². The molecule has 0 spiro atoms. The van der Waals surface area contributed by atoms with E-state index in [2.05, 4.69) is 41.3 Å². The van der Waals surface area contributed by atoms with Gasteiger partial charge in [-0.1, -0.05) is 42.5 Å². The van der Waals surface area contributed by atoms with Crippen molar-refractivity contribution < 1.29 is 9.13 Å². The van der Waals surface area contributed by atoms with Crippen molar-refractivity contribution in [1.29, 1.82) is 0 Å². The van der Waals surface area contributed by atoms with Crippen LogP contribution in [0.15, 0.2) is 54.6 Å². The molecule has 2 aromatic carbocycles. The zero-order valence-corrected chi connectivity index (χ0v) is 13.9. The van der Waals surface area contributed by atoms with E-state index in [9.17, 15) is 4.39 Å². The molecule has 2 unspecified atom stereocenters. The van der Waals surface area contributed by atoms with E-state index in [1.807, 2.05) is 12.1 Å². The maximum atomic E-state index is 13.7. The smallest absolute Gasteiger partial charge is 0.165 e. The molecule has 2 nitrogen and oxygen atoms in total. The molecule has 4 rings (SSSR count). The lowest BCUT2D eigenvalue weighted by molar-refractivity contribution is 0.203. The maximum Gasteiger partial charge on any atom is 0.165 e. The van der Waals surface area contributed by atoms with Crippen molar-refractivity contribution in [2.45, 2.75) is 37.9 Å². The number of hydrogen-bond acceptors (Lipinski definition) is 2. The Morgan fingerprint density at radius 1 is 1.12 bits per heavy atom. The fraction of sp³-hybridized carbons (Fsp3) is 0.333. The average molecular weight is 323 g/mol. The van der Waals surface area contributed by atoms with Crippen LogP contribution in [-0.2, 0) is 6.54 Å². The van der Waals surface area contributed by atoms with Gasteiger partial charge >= 0.3 is 0 Å². The summed E-state index contributed by atoms with van der Waals surface area (Å²) in [5, 5.41) is 0.